The van der Waals surface area contributed by atoms with Gasteiger partial charge in [0.15, 0.2) is 23.0 Å². The Morgan fingerprint density at radius 3 is 2.67 bits per heavy atom. The number of benzene rings is 4. The Kier molecular flexibility index (Phi) is 7.87. The molecule has 9 heteroatoms. The van der Waals surface area contributed by atoms with Gasteiger partial charge >= 0.3 is 0 Å². The molecule has 1 heterocycles. The van der Waals surface area contributed by atoms with E-state index in [0.29, 0.717) is 47.3 Å². The summed E-state index contributed by atoms with van der Waals surface area (Å²) in [6, 6.07) is 24.6. The molecule has 0 aliphatic carbocycles. The molecule has 9 nitrogen and oxygen atoms in total. The number of rotatable bonds is 10. The molecule has 5 rings (SSSR count). The predicted octanol–water partition coefficient (Wildman–Crippen LogP) is 4.43. The summed E-state index contributed by atoms with van der Waals surface area (Å²) in [4.78, 5) is 24.5. The number of hydrazone groups is 1. The van der Waals surface area contributed by atoms with Gasteiger partial charge in [-0.1, -0.05) is 42.5 Å². The minimum absolute atomic E-state index is 0.119. The maximum atomic E-state index is 12.3. The molecule has 2 N–H and O–H groups in total. The number of nitrogens with one attached hydrogen (secondary N) is 2. The van der Waals surface area contributed by atoms with Crippen LogP contribution in [-0.4, -0.2) is 38.0 Å². The highest BCUT2D eigenvalue weighted by molar-refractivity contribution is 5.97. The summed E-state index contributed by atoms with van der Waals surface area (Å²) in [6.07, 6.45) is 1.49. The molecule has 0 aromatic heterocycles. The van der Waals surface area contributed by atoms with Crippen LogP contribution in [-0.2, 0) is 11.4 Å². The third-order valence-electron chi connectivity index (χ3n) is 5.98. The lowest BCUT2D eigenvalue weighted by Crippen LogP contribution is -2.34. The van der Waals surface area contributed by atoms with Gasteiger partial charge in [0, 0.05) is 5.56 Å². The monoisotopic (exact) mass is 525 g/mol. The molecule has 39 heavy (non-hydrogen) atoms. The van der Waals surface area contributed by atoms with Gasteiger partial charge in [0.05, 0.1) is 19.4 Å². The molecule has 0 spiro atoms. The molecule has 0 fully saturated rings. The van der Waals surface area contributed by atoms with Gasteiger partial charge in [-0.25, -0.2) is 5.43 Å². The molecule has 0 saturated heterocycles. The van der Waals surface area contributed by atoms with Gasteiger partial charge in [0.1, 0.15) is 6.61 Å². The maximum absolute atomic E-state index is 12.3. The van der Waals surface area contributed by atoms with Crippen molar-refractivity contribution in [3.05, 3.63) is 95.6 Å². The fourth-order valence-corrected chi connectivity index (χ4v) is 4.09. The molecule has 198 valence electrons. The predicted molar refractivity (Wildman–Crippen MR) is 147 cm³/mol. The van der Waals surface area contributed by atoms with E-state index in [0.717, 1.165) is 16.3 Å². The Bertz CT molecular complexity index is 1530. The Morgan fingerprint density at radius 1 is 0.923 bits per heavy atom. The summed E-state index contributed by atoms with van der Waals surface area (Å²) < 4.78 is 22.4. The molecular weight excluding hydrogens is 498 g/mol. The van der Waals surface area contributed by atoms with Crippen LogP contribution >= 0.6 is 0 Å². The third-order valence-corrected chi connectivity index (χ3v) is 5.98. The van der Waals surface area contributed by atoms with Crippen molar-refractivity contribution >= 4 is 28.8 Å². The van der Waals surface area contributed by atoms with Crippen molar-refractivity contribution in [1.82, 2.24) is 10.7 Å². The van der Waals surface area contributed by atoms with Crippen molar-refractivity contribution in [2.24, 2.45) is 5.10 Å². The molecule has 0 unspecified atom stereocenters. The van der Waals surface area contributed by atoms with Crippen molar-refractivity contribution < 1.29 is 28.5 Å². The molecule has 0 radical (unpaired) electrons. The van der Waals surface area contributed by atoms with E-state index in [1.807, 2.05) is 43.3 Å². The first-order chi connectivity index (χ1) is 19.1. The number of fused-ring (bicyclic) bond motifs is 2. The van der Waals surface area contributed by atoms with Gasteiger partial charge in [-0.3, -0.25) is 9.59 Å². The number of hydrogen-bond acceptors (Lipinski definition) is 7. The first-order valence-corrected chi connectivity index (χ1v) is 12.5. The highest BCUT2D eigenvalue weighted by Crippen LogP contribution is 2.32. The van der Waals surface area contributed by atoms with Crippen LogP contribution in [0.15, 0.2) is 84.0 Å². The molecule has 1 aliphatic rings. The van der Waals surface area contributed by atoms with Gasteiger partial charge in [-0.05, 0) is 65.2 Å². The second-order valence-electron chi connectivity index (χ2n) is 8.61. The van der Waals surface area contributed by atoms with E-state index in [-0.39, 0.29) is 13.3 Å². The minimum Gasteiger partial charge on any atom is -0.490 e. The van der Waals surface area contributed by atoms with Crippen LogP contribution in [0.25, 0.3) is 10.8 Å². The largest absolute Gasteiger partial charge is 0.490 e. The van der Waals surface area contributed by atoms with E-state index in [2.05, 4.69) is 34.0 Å². The summed E-state index contributed by atoms with van der Waals surface area (Å²) in [7, 11) is 0. The Hall–Kier alpha value is -5.05. The topological polar surface area (TPSA) is 107 Å². The number of nitrogens with zero attached hydrogens (tertiary/aromatic N) is 1. The highest BCUT2D eigenvalue weighted by atomic mass is 16.7. The fraction of sp³-hybridized carbons (Fsp3) is 0.167. The molecule has 0 saturated carbocycles. The van der Waals surface area contributed by atoms with Crippen LogP contribution in [0.5, 0.6) is 23.0 Å². The van der Waals surface area contributed by atoms with Crippen molar-refractivity contribution in [2.75, 3.05) is 19.9 Å². The number of carbonyl (C=O) groups is 2. The second kappa shape index (κ2) is 12.0. The minimum atomic E-state index is -0.472. The van der Waals surface area contributed by atoms with Gasteiger partial charge in [-0.15, -0.1) is 0 Å². The smallest absolute Gasteiger partial charge is 0.259 e. The van der Waals surface area contributed by atoms with Crippen LogP contribution in [0.4, 0.5) is 0 Å². The third kappa shape index (κ3) is 6.27. The van der Waals surface area contributed by atoms with E-state index in [1.165, 1.54) is 6.21 Å². The zero-order chi connectivity index (χ0) is 27.0. The van der Waals surface area contributed by atoms with E-state index in [9.17, 15) is 9.59 Å². The first kappa shape index (κ1) is 25.6. The summed E-state index contributed by atoms with van der Waals surface area (Å²) in [5.74, 6) is 1.37. The van der Waals surface area contributed by atoms with Gasteiger partial charge in [0.25, 0.3) is 11.8 Å². The number of amides is 2. The Balaban J connectivity index is 1.15. The lowest BCUT2D eigenvalue weighted by atomic mass is 10.1. The molecule has 1 aliphatic heterocycles. The first-order valence-electron chi connectivity index (χ1n) is 12.5. The fourth-order valence-electron chi connectivity index (χ4n) is 4.09. The number of ether oxygens (including phenoxy) is 4. The van der Waals surface area contributed by atoms with E-state index < -0.39 is 11.8 Å². The highest BCUT2D eigenvalue weighted by Gasteiger charge is 2.16. The van der Waals surface area contributed by atoms with E-state index >= 15 is 0 Å². The van der Waals surface area contributed by atoms with Crippen LogP contribution < -0.4 is 29.7 Å². The zero-order valence-electron chi connectivity index (χ0n) is 21.3. The van der Waals surface area contributed by atoms with Crippen LogP contribution in [0.1, 0.15) is 28.4 Å². The summed E-state index contributed by atoms with van der Waals surface area (Å²) in [6.45, 7) is 2.63. The summed E-state index contributed by atoms with van der Waals surface area (Å²) >= 11 is 0. The SMILES string of the molecule is CCOc1cc(C=NNC(=O)CNC(=O)c2ccc3c(c2)OCO3)ccc1OCc1cccc2ccccc12. The molecule has 4 aromatic carbocycles. The maximum Gasteiger partial charge on any atom is 0.259 e. The van der Waals surface area contributed by atoms with Crippen LogP contribution in [0.2, 0.25) is 0 Å². The lowest BCUT2D eigenvalue weighted by Gasteiger charge is -2.13. The lowest BCUT2D eigenvalue weighted by molar-refractivity contribution is -0.120. The van der Waals surface area contributed by atoms with Crippen molar-refractivity contribution in [1.29, 1.82) is 0 Å². The summed E-state index contributed by atoms with van der Waals surface area (Å²) in [5.41, 5.74) is 4.56. The van der Waals surface area contributed by atoms with Crippen LogP contribution in [0.3, 0.4) is 0 Å². The molecule has 2 amide bonds. The molecule has 0 bridgehead atoms. The van der Waals surface area contributed by atoms with Crippen molar-refractivity contribution in [3.63, 3.8) is 0 Å². The zero-order valence-corrected chi connectivity index (χ0v) is 21.3. The van der Waals surface area contributed by atoms with E-state index in [1.54, 1.807) is 24.3 Å². The average Bonchev–Trinajstić information content (AvgIpc) is 3.44. The molecule has 0 atom stereocenters. The average molecular weight is 526 g/mol. The standard InChI is InChI=1S/C30H27N3O6/c1-2-36-27-14-20(10-12-25(27)37-18-23-8-5-7-21-6-3-4-9-24(21)23)16-32-33-29(34)17-31-30(35)22-11-13-26-28(15-22)39-19-38-26/h3-16H,2,17-19H2,1H3,(H,31,35)(H,33,34). The normalized spacial score (nSPS) is 11.9. The van der Waals surface area contributed by atoms with E-state index in [4.69, 9.17) is 18.9 Å². The molecule has 4 aromatic rings. The van der Waals surface area contributed by atoms with Gasteiger partial charge in [-0.2, -0.15) is 5.10 Å². The quantitative estimate of drug-likeness (QED) is 0.234. The second-order valence-corrected chi connectivity index (χ2v) is 8.61. The Morgan fingerprint density at radius 2 is 1.77 bits per heavy atom. The Labute approximate surface area is 225 Å². The van der Waals surface area contributed by atoms with Crippen LogP contribution in [0, 0.1) is 0 Å². The number of hydrogen-bond donors (Lipinski definition) is 2. The van der Waals surface area contributed by atoms with Gasteiger partial charge < -0.3 is 24.3 Å². The van der Waals surface area contributed by atoms with Crippen molar-refractivity contribution in [3.8, 4) is 23.0 Å². The summed E-state index contributed by atoms with van der Waals surface area (Å²) in [5, 5.41) is 8.84. The number of carbonyl (C=O) groups excluding carboxylic acids is 2. The van der Waals surface area contributed by atoms with Crippen molar-refractivity contribution in [2.45, 2.75) is 13.5 Å². The molecular formula is C30H27N3O6. The van der Waals surface area contributed by atoms with Gasteiger partial charge in [0.2, 0.25) is 6.79 Å².